The van der Waals surface area contributed by atoms with Crippen LogP contribution < -0.4 is 5.73 Å². The maximum Gasteiger partial charge on any atom is 0.159 e. The molecular weight excluding hydrogens is 229 g/mol. The second kappa shape index (κ2) is 4.82. The minimum atomic E-state index is -0.220. The summed E-state index contributed by atoms with van der Waals surface area (Å²) in [6, 6.07) is 4.77. The molecule has 3 nitrogen and oxygen atoms in total. The monoisotopic (exact) mass is 245 g/mol. The Morgan fingerprint density at radius 3 is 2.56 bits per heavy atom. The first kappa shape index (κ1) is 12.6. The maximum absolute atomic E-state index is 13.2. The van der Waals surface area contributed by atoms with Crippen LogP contribution in [0.5, 0.6) is 0 Å². The zero-order chi connectivity index (χ0) is 13.3. The van der Waals surface area contributed by atoms with Gasteiger partial charge in [0.05, 0.1) is 0 Å². The van der Waals surface area contributed by atoms with E-state index in [1.807, 2.05) is 13.8 Å². The molecule has 4 heteroatoms. The van der Waals surface area contributed by atoms with Crippen molar-refractivity contribution in [3.05, 3.63) is 47.0 Å². The van der Waals surface area contributed by atoms with Crippen LogP contribution >= 0.6 is 0 Å². The molecule has 0 aliphatic heterocycles. The van der Waals surface area contributed by atoms with Crippen molar-refractivity contribution >= 4 is 0 Å². The Labute approximate surface area is 106 Å². The highest BCUT2D eigenvalue weighted by Crippen LogP contribution is 2.20. The van der Waals surface area contributed by atoms with Gasteiger partial charge in [0.2, 0.25) is 0 Å². The topological polar surface area (TPSA) is 51.8 Å². The van der Waals surface area contributed by atoms with Crippen molar-refractivity contribution < 1.29 is 4.39 Å². The summed E-state index contributed by atoms with van der Waals surface area (Å²) in [5.41, 5.74) is 9.01. The summed E-state index contributed by atoms with van der Waals surface area (Å²) >= 11 is 0. The number of benzene rings is 1. The van der Waals surface area contributed by atoms with E-state index in [1.165, 1.54) is 6.07 Å². The van der Waals surface area contributed by atoms with Crippen LogP contribution in [0.4, 0.5) is 4.39 Å². The molecule has 0 aliphatic rings. The molecule has 94 valence electrons. The summed E-state index contributed by atoms with van der Waals surface area (Å²) < 4.78 is 13.2. The molecule has 2 N–H and O–H groups in total. The zero-order valence-corrected chi connectivity index (χ0v) is 10.7. The number of nitrogens with two attached hydrogens (primary N) is 1. The second-order valence-electron chi connectivity index (χ2n) is 4.49. The zero-order valence-electron chi connectivity index (χ0n) is 10.7. The third-order valence-corrected chi connectivity index (χ3v) is 2.92. The first-order chi connectivity index (χ1) is 8.49. The molecule has 0 bridgehead atoms. The molecule has 0 unspecified atom stereocenters. The third kappa shape index (κ3) is 2.38. The molecule has 1 aromatic heterocycles. The summed E-state index contributed by atoms with van der Waals surface area (Å²) in [7, 11) is 0. The van der Waals surface area contributed by atoms with E-state index >= 15 is 0 Å². The van der Waals surface area contributed by atoms with Crippen LogP contribution in [-0.2, 0) is 0 Å². The predicted molar refractivity (Wildman–Crippen MR) is 69.5 cm³/mol. The van der Waals surface area contributed by atoms with Gasteiger partial charge in [-0.15, -0.1) is 0 Å². The molecule has 2 rings (SSSR count). The lowest BCUT2D eigenvalue weighted by molar-refractivity contribution is 0.618. The Balaban J connectivity index is 2.45. The summed E-state index contributed by atoms with van der Waals surface area (Å²) in [5, 5.41) is 0. The van der Waals surface area contributed by atoms with Gasteiger partial charge in [-0.1, -0.05) is 0 Å². The lowest BCUT2D eigenvalue weighted by Crippen LogP contribution is -2.09. The van der Waals surface area contributed by atoms with Crippen LogP contribution in [0.25, 0.3) is 11.4 Å². The Kier molecular flexibility index (Phi) is 3.39. The van der Waals surface area contributed by atoms with Crippen LogP contribution in [0.2, 0.25) is 0 Å². The maximum atomic E-state index is 13.2. The SMILES string of the molecule is Cc1cc(-c2ncc([C@@H](C)N)c(C)n2)ccc1F. The Bertz CT molecular complexity index is 579. The van der Waals surface area contributed by atoms with Gasteiger partial charge in [-0.25, -0.2) is 14.4 Å². The molecular formula is C14H16FN3. The highest BCUT2D eigenvalue weighted by Gasteiger charge is 2.09. The lowest BCUT2D eigenvalue weighted by atomic mass is 10.1. The predicted octanol–water partition coefficient (Wildman–Crippen LogP) is 2.92. The van der Waals surface area contributed by atoms with Gasteiger partial charge in [-0.2, -0.15) is 0 Å². The molecule has 1 atom stereocenters. The number of halogens is 1. The number of hydrogen-bond acceptors (Lipinski definition) is 3. The van der Waals surface area contributed by atoms with E-state index in [2.05, 4.69) is 9.97 Å². The number of aromatic nitrogens is 2. The van der Waals surface area contributed by atoms with Crippen LogP contribution in [0.1, 0.15) is 29.8 Å². The molecule has 0 spiro atoms. The highest BCUT2D eigenvalue weighted by atomic mass is 19.1. The van der Waals surface area contributed by atoms with E-state index in [-0.39, 0.29) is 11.9 Å². The quantitative estimate of drug-likeness (QED) is 0.885. The highest BCUT2D eigenvalue weighted by molar-refractivity contribution is 5.56. The second-order valence-corrected chi connectivity index (χ2v) is 4.49. The van der Waals surface area contributed by atoms with Gasteiger partial charge in [0, 0.05) is 29.1 Å². The van der Waals surface area contributed by atoms with Gasteiger partial charge < -0.3 is 5.73 Å². The van der Waals surface area contributed by atoms with Gasteiger partial charge in [0.15, 0.2) is 5.82 Å². The first-order valence-electron chi connectivity index (χ1n) is 5.84. The Morgan fingerprint density at radius 1 is 1.28 bits per heavy atom. The van der Waals surface area contributed by atoms with Gasteiger partial charge in [0.1, 0.15) is 5.82 Å². The van der Waals surface area contributed by atoms with E-state index in [1.54, 1.807) is 25.3 Å². The van der Waals surface area contributed by atoms with Gasteiger partial charge in [-0.3, -0.25) is 0 Å². The average Bonchev–Trinajstić information content (AvgIpc) is 2.32. The van der Waals surface area contributed by atoms with Crippen LogP contribution in [0.15, 0.2) is 24.4 Å². The van der Waals surface area contributed by atoms with E-state index in [0.29, 0.717) is 11.4 Å². The minimum absolute atomic E-state index is 0.0889. The summed E-state index contributed by atoms with van der Waals surface area (Å²) in [4.78, 5) is 8.71. The molecule has 0 saturated carbocycles. The van der Waals surface area contributed by atoms with Crippen LogP contribution in [0.3, 0.4) is 0 Å². The van der Waals surface area contributed by atoms with E-state index < -0.39 is 0 Å². The number of hydrogen-bond donors (Lipinski definition) is 1. The average molecular weight is 245 g/mol. The van der Waals surface area contributed by atoms with Crippen molar-refractivity contribution in [1.82, 2.24) is 9.97 Å². The third-order valence-electron chi connectivity index (χ3n) is 2.92. The van der Waals surface area contributed by atoms with E-state index in [4.69, 9.17) is 5.73 Å². The molecule has 2 aromatic rings. The molecule has 0 saturated heterocycles. The van der Waals surface area contributed by atoms with Gasteiger partial charge in [-0.05, 0) is 44.5 Å². The smallest absolute Gasteiger partial charge is 0.159 e. The molecule has 0 aliphatic carbocycles. The molecule has 18 heavy (non-hydrogen) atoms. The van der Waals surface area contributed by atoms with Crippen LogP contribution in [0, 0.1) is 19.7 Å². The fourth-order valence-electron chi connectivity index (χ4n) is 1.85. The van der Waals surface area contributed by atoms with Crippen molar-refractivity contribution in [2.45, 2.75) is 26.8 Å². The Hall–Kier alpha value is -1.81. The van der Waals surface area contributed by atoms with Crippen LogP contribution in [-0.4, -0.2) is 9.97 Å². The molecule has 0 radical (unpaired) electrons. The molecule has 0 amide bonds. The van der Waals surface area contributed by atoms with E-state index in [0.717, 1.165) is 16.8 Å². The first-order valence-corrected chi connectivity index (χ1v) is 5.84. The van der Waals surface area contributed by atoms with Crippen molar-refractivity contribution in [3.63, 3.8) is 0 Å². The molecule has 0 fully saturated rings. The number of nitrogens with zero attached hydrogens (tertiary/aromatic N) is 2. The summed E-state index contributed by atoms with van der Waals surface area (Å²) in [6.07, 6.45) is 1.74. The number of rotatable bonds is 2. The molecule has 1 aromatic carbocycles. The van der Waals surface area contributed by atoms with Gasteiger partial charge >= 0.3 is 0 Å². The fraction of sp³-hybridized carbons (Fsp3) is 0.286. The minimum Gasteiger partial charge on any atom is -0.324 e. The molecule has 1 heterocycles. The largest absolute Gasteiger partial charge is 0.324 e. The summed E-state index contributed by atoms with van der Waals surface area (Å²) in [6.45, 7) is 5.52. The van der Waals surface area contributed by atoms with Crippen molar-refractivity contribution in [3.8, 4) is 11.4 Å². The van der Waals surface area contributed by atoms with Crippen molar-refractivity contribution in [1.29, 1.82) is 0 Å². The number of aryl methyl sites for hydroxylation is 2. The van der Waals surface area contributed by atoms with Crippen molar-refractivity contribution in [2.75, 3.05) is 0 Å². The summed E-state index contributed by atoms with van der Waals surface area (Å²) in [5.74, 6) is 0.377. The fourth-order valence-corrected chi connectivity index (χ4v) is 1.85. The lowest BCUT2D eigenvalue weighted by Gasteiger charge is -2.10. The van der Waals surface area contributed by atoms with Gasteiger partial charge in [0.25, 0.3) is 0 Å². The normalized spacial score (nSPS) is 12.5. The van der Waals surface area contributed by atoms with Crippen molar-refractivity contribution in [2.24, 2.45) is 5.73 Å². The standard InChI is InChI=1S/C14H16FN3/c1-8-6-11(4-5-13(8)15)14-17-7-12(9(2)16)10(3)18-14/h4-7,9H,16H2,1-3H3/t9-/m1/s1. The van der Waals surface area contributed by atoms with E-state index in [9.17, 15) is 4.39 Å². The Morgan fingerprint density at radius 2 is 2.00 bits per heavy atom.